The Morgan fingerprint density at radius 1 is 1.25 bits per heavy atom. The van der Waals surface area contributed by atoms with Gasteiger partial charge in [0.25, 0.3) is 0 Å². The predicted octanol–water partition coefficient (Wildman–Crippen LogP) is 4.08. The highest BCUT2D eigenvalue weighted by Gasteiger charge is 2.32. The van der Waals surface area contributed by atoms with Crippen LogP contribution in [0.3, 0.4) is 0 Å². The quantitative estimate of drug-likeness (QED) is 0.718. The summed E-state index contributed by atoms with van der Waals surface area (Å²) in [6, 6.07) is 11.0. The monoisotopic (exact) mass is 468 g/mol. The zero-order valence-corrected chi connectivity index (χ0v) is 17.9. The summed E-state index contributed by atoms with van der Waals surface area (Å²) in [7, 11) is -3.58. The zero-order chi connectivity index (χ0) is 20.3. The smallest absolute Gasteiger partial charge is 0.228 e. The van der Waals surface area contributed by atoms with E-state index < -0.39 is 21.8 Å². The Bertz CT molecular complexity index is 964. The number of benzene rings is 2. The fourth-order valence-corrected chi connectivity index (χ4v) is 5.12. The molecule has 3 rings (SSSR count). The zero-order valence-electron chi connectivity index (χ0n) is 15.5. The molecule has 1 heterocycles. The number of rotatable bonds is 5. The molecule has 0 saturated carbocycles. The maximum atomic E-state index is 13.0. The summed E-state index contributed by atoms with van der Waals surface area (Å²) in [5.74, 6) is -1.18. The third kappa shape index (κ3) is 5.18. The highest BCUT2D eigenvalue weighted by Crippen LogP contribution is 2.24. The molecule has 0 aliphatic carbocycles. The standard InChI is InChI=1S/C20H22BrFN2O3S/c1-14-11-18(8-9-19(14)21)23-20(25)16-3-2-10-24(12-16)28(26,27)13-15-4-6-17(22)7-5-15/h4-9,11,16H,2-3,10,12-13H2,1H3,(H,23,25)/t16-/m1/s1. The van der Waals surface area contributed by atoms with Gasteiger partial charge in [-0.3, -0.25) is 4.79 Å². The van der Waals surface area contributed by atoms with E-state index in [-0.39, 0.29) is 18.2 Å². The highest BCUT2D eigenvalue weighted by atomic mass is 79.9. The van der Waals surface area contributed by atoms with Crippen molar-refractivity contribution in [2.45, 2.75) is 25.5 Å². The van der Waals surface area contributed by atoms with Gasteiger partial charge < -0.3 is 5.32 Å². The molecule has 1 amide bonds. The molecule has 1 atom stereocenters. The van der Waals surface area contributed by atoms with Gasteiger partial charge in [0.1, 0.15) is 5.82 Å². The Balaban J connectivity index is 1.66. The number of sulfonamides is 1. The number of hydrogen-bond acceptors (Lipinski definition) is 3. The normalized spacial score (nSPS) is 18.0. The van der Waals surface area contributed by atoms with Crippen molar-refractivity contribution >= 4 is 37.5 Å². The Morgan fingerprint density at radius 2 is 1.96 bits per heavy atom. The Labute approximate surface area is 173 Å². The van der Waals surface area contributed by atoms with Gasteiger partial charge >= 0.3 is 0 Å². The summed E-state index contributed by atoms with van der Waals surface area (Å²) in [4.78, 5) is 12.6. The molecule has 1 aliphatic heterocycles. The molecule has 28 heavy (non-hydrogen) atoms. The van der Waals surface area contributed by atoms with Crippen LogP contribution in [-0.2, 0) is 20.6 Å². The largest absolute Gasteiger partial charge is 0.326 e. The number of nitrogens with one attached hydrogen (secondary N) is 1. The molecule has 150 valence electrons. The van der Waals surface area contributed by atoms with E-state index in [0.29, 0.717) is 30.6 Å². The van der Waals surface area contributed by atoms with Gasteiger partial charge in [-0.05, 0) is 61.2 Å². The lowest BCUT2D eigenvalue weighted by atomic mass is 9.98. The van der Waals surface area contributed by atoms with E-state index >= 15 is 0 Å². The summed E-state index contributed by atoms with van der Waals surface area (Å²) in [6.45, 7) is 2.49. The number of halogens is 2. The second-order valence-corrected chi connectivity index (χ2v) is 9.86. The molecule has 0 unspecified atom stereocenters. The highest BCUT2D eigenvalue weighted by molar-refractivity contribution is 9.10. The van der Waals surface area contributed by atoms with Crippen molar-refractivity contribution in [3.63, 3.8) is 0 Å². The van der Waals surface area contributed by atoms with E-state index in [0.717, 1.165) is 10.0 Å². The van der Waals surface area contributed by atoms with Crippen molar-refractivity contribution in [2.24, 2.45) is 5.92 Å². The first-order valence-corrected chi connectivity index (χ1v) is 11.4. The second kappa shape index (κ2) is 8.71. The van der Waals surface area contributed by atoms with E-state index in [4.69, 9.17) is 0 Å². The Kier molecular flexibility index (Phi) is 6.52. The number of amides is 1. The fraction of sp³-hybridized carbons (Fsp3) is 0.350. The fourth-order valence-electron chi connectivity index (χ4n) is 3.26. The summed E-state index contributed by atoms with van der Waals surface area (Å²) in [6.07, 6.45) is 1.27. The molecule has 0 radical (unpaired) electrons. The minimum Gasteiger partial charge on any atom is -0.326 e. The van der Waals surface area contributed by atoms with Crippen LogP contribution >= 0.6 is 15.9 Å². The third-order valence-electron chi connectivity index (χ3n) is 4.84. The van der Waals surface area contributed by atoms with Crippen molar-refractivity contribution < 1.29 is 17.6 Å². The lowest BCUT2D eigenvalue weighted by molar-refractivity contribution is -0.120. The number of piperidine rings is 1. The van der Waals surface area contributed by atoms with E-state index in [2.05, 4.69) is 21.2 Å². The first-order chi connectivity index (χ1) is 13.2. The Morgan fingerprint density at radius 3 is 2.64 bits per heavy atom. The molecule has 5 nitrogen and oxygen atoms in total. The van der Waals surface area contributed by atoms with Crippen LogP contribution in [0.5, 0.6) is 0 Å². The van der Waals surface area contributed by atoms with Crippen LogP contribution in [0.25, 0.3) is 0 Å². The second-order valence-electron chi connectivity index (χ2n) is 7.03. The maximum absolute atomic E-state index is 13.0. The molecule has 8 heteroatoms. The molecular weight excluding hydrogens is 447 g/mol. The first-order valence-electron chi connectivity index (χ1n) is 9.04. The average molecular weight is 469 g/mol. The number of hydrogen-bond donors (Lipinski definition) is 1. The van der Waals surface area contributed by atoms with Gasteiger partial charge in [-0.2, -0.15) is 0 Å². The van der Waals surface area contributed by atoms with E-state index in [1.807, 2.05) is 19.1 Å². The van der Waals surface area contributed by atoms with Crippen molar-refractivity contribution in [1.82, 2.24) is 4.31 Å². The van der Waals surface area contributed by atoms with Crippen LogP contribution < -0.4 is 5.32 Å². The van der Waals surface area contributed by atoms with Gasteiger partial charge in [0.15, 0.2) is 0 Å². The predicted molar refractivity (Wildman–Crippen MR) is 111 cm³/mol. The molecular formula is C20H22BrFN2O3S. The van der Waals surface area contributed by atoms with Crippen molar-refractivity contribution in [1.29, 1.82) is 0 Å². The minimum atomic E-state index is -3.58. The molecule has 1 N–H and O–H groups in total. The average Bonchev–Trinajstić information content (AvgIpc) is 2.66. The van der Waals surface area contributed by atoms with E-state index in [9.17, 15) is 17.6 Å². The van der Waals surface area contributed by atoms with Gasteiger partial charge in [0.05, 0.1) is 11.7 Å². The number of carbonyl (C=O) groups excluding carboxylic acids is 1. The van der Waals surface area contributed by atoms with Crippen LogP contribution in [-0.4, -0.2) is 31.7 Å². The van der Waals surface area contributed by atoms with Crippen LogP contribution in [0.2, 0.25) is 0 Å². The van der Waals surface area contributed by atoms with E-state index in [1.54, 1.807) is 6.07 Å². The maximum Gasteiger partial charge on any atom is 0.228 e. The Hall–Kier alpha value is -1.77. The van der Waals surface area contributed by atoms with Crippen LogP contribution in [0.1, 0.15) is 24.0 Å². The summed E-state index contributed by atoms with van der Waals surface area (Å²) in [5.41, 5.74) is 2.22. The number of nitrogens with zero attached hydrogens (tertiary/aromatic N) is 1. The SMILES string of the molecule is Cc1cc(NC(=O)[C@@H]2CCCN(S(=O)(=O)Cc3ccc(F)cc3)C2)ccc1Br. The first kappa shape index (κ1) is 21.0. The third-order valence-corrected chi connectivity index (χ3v) is 7.54. The number of anilines is 1. The van der Waals surface area contributed by atoms with Crippen LogP contribution in [0.15, 0.2) is 46.9 Å². The molecule has 1 aliphatic rings. The molecule has 1 fully saturated rings. The van der Waals surface area contributed by atoms with Gasteiger partial charge in [0, 0.05) is 23.2 Å². The van der Waals surface area contributed by atoms with Gasteiger partial charge in [-0.1, -0.05) is 28.1 Å². The number of carbonyl (C=O) groups is 1. The molecule has 1 saturated heterocycles. The van der Waals surface area contributed by atoms with Crippen LogP contribution in [0.4, 0.5) is 10.1 Å². The molecule has 0 aromatic heterocycles. The van der Waals surface area contributed by atoms with E-state index in [1.165, 1.54) is 28.6 Å². The van der Waals surface area contributed by atoms with Crippen molar-refractivity contribution in [3.05, 3.63) is 63.9 Å². The topological polar surface area (TPSA) is 66.5 Å². The lowest BCUT2D eigenvalue weighted by Crippen LogP contribution is -2.44. The summed E-state index contributed by atoms with van der Waals surface area (Å²) >= 11 is 3.43. The molecule has 0 bridgehead atoms. The molecule has 2 aromatic carbocycles. The number of aryl methyl sites for hydroxylation is 1. The van der Waals surface area contributed by atoms with Crippen molar-refractivity contribution in [3.8, 4) is 0 Å². The molecule has 2 aromatic rings. The van der Waals surface area contributed by atoms with Gasteiger partial charge in [0.2, 0.25) is 15.9 Å². The van der Waals surface area contributed by atoms with Crippen LogP contribution in [0, 0.1) is 18.7 Å². The van der Waals surface area contributed by atoms with Crippen molar-refractivity contribution in [2.75, 3.05) is 18.4 Å². The van der Waals surface area contributed by atoms with Gasteiger partial charge in [-0.15, -0.1) is 0 Å². The molecule has 0 spiro atoms. The minimum absolute atomic E-state index is 0.158. The summed E-state index contributed by atoms with van der Waals surface area (Å²) < 4.78 is 40.9. The summed E-state index contributed by atoms with van der Waals surface area (Å²) in [5, 5.41) is 2.88. The lowest BCUT2D eigenvalue weighted by Gasteiger charge is -2.31. The van der Waals surface area contributed by atoms with Gasteiger partial charge in [-0.25, -0.2) is 17.1 Å².